The zero-order valence-electron chi connectivity index (χ0n) is 18.0. The van der Waals surface area contributed by atoms with Gasteiger partial charge in [-0.1, -0.05) is 60.7 Å². The van der Waals surface area contributed by atoms with E-state index in [1.165, 1.54) is 11.3 Å². The molecule has 4 nitrogen and oxygen atoms in total. The maximum atomic E-state index is 13.2. The number of nitrogens with zero attached hydrogens (tertiary/aromatic N) is 1. The van der Waals surface area contributed by atoms with Crippen molar-refractivity contribution in [1.29, 1.82) is 0 Å². The third kappa shape index (κ3) is 5.50. The SMILES string of the molecule is CC(C)Oc1ccc(-c2csc(NC(=O)/C(=C/c3ccccc3)c3ccccc3)n2)cc1. The molecular weight excluding hydrogens is 416 g/mol. The molecule has 32 heavy (non-hydrogen) atoms. The van der Waals surface area contributed by atoms with E-state index in [1.54, 1.807) is 0 Å². The molecule has 3 aromatic carbocycles. The zero-order chi connectivity index (χ0) is 22.3. The summed E-state index contributed by atoms with van der Waals surface area (Å²) >= 11 is 1.40. The van der Waals surface area contributed by atoms with Crippen LogP contribution in [-0.2, 0) is 4.79 Å². The van der Waals surface area contributed by atoms with Crippen molar-refractivity contribution >= 4 is 34.0 Å². The number of rotatable bonds is 7. The highest BCUT2D eigenvalue weighted by Gasteiger charge is 2.15. The Balaban J connectivity index is 1.54. The summed E-state index contributed by atoms with van der Waals surface area (Å²) in [5, 5.41) is 5.46. The van der Waals surface area contributed by atoms with E-state index in [0.29, 0.717) is 10.7 Å². The van der Waals surface area contributed by atoms with Crippen LogP contribution in [0.4, 0.5) is 5.13 Å². The number of anilines is 1. The lowest BCUT2D eigenvalue weighted by Crippen LogP contribution is -2.13. The topological polar surface area (TPSA) is 51.2 Å². The number of nitrogens with one attached hydrogen (secondary N) is 1. The molecule has 0 aliphatic carbocycles. The Morgan fingerprint density at radius 3 is 2.25 bits per heavy atom. The molecule has 0 saturated carbocycles. The molecule has 0 saturated heterocycles. The molecule has 0 aliphatic heterocycles. The number of hydrogen-bond acceptors (Lipinski definition) is 4. The van der Waals surface area contributed by atoms with Gasteiger partial charge in [0.2, 0.25) is 0 Å². The molecule has 160 valence electrons. The summed E-state index contributed by atoms with van der Waals surface area (Å²) in [6.45, 7) is 4.00. The van der Waals surface area contributed by atoms with Crippen molar-refractivity contribution in [2.75, 3.05) is 5.32 Å². The van der Waals surface area contributed by atoms with E-state index < -0.39 is 0 Å². The van der Waals surface area contributed by atoms with Crippen LogP contribution < -0.4 is 10.1 Å². The number of amides is 1. The number of aromatic nitrogens is 1. The fraction of sp³-hybridized carbons (Fsp3) is 0.111. The molecule has 1 N–H and O–H groups in total. The fourth-order valence-corrected chi connectivity index (χ4v) is 3.93. The molecule has 0 fully saturated rings. The van der Waals surface area contributed by atoms with E-state index in [1.807, 2.05) is 110 Å². The maximum absolute atomic E-state index is 13.2. The zero-order valence-corrected chi connectivity index (χ0v) is 18.8. The monoisotopic (exact) mass is 440 g/mol. The minimum atomic E-state index is -0.193. The van der Waals surface area contributed by atoms with Crippen LogP contribution in [0.25, 0.3) is 22.9 Å². The lowest BCUT2D eigenvalue weighted by atomic mass is 10.0. The molecule has 1 aromatic heterocycles. The first kappa shape index (κ1) is 21.5. The van der Waals surface area contributed by atoms with Crippen LogP contribution in [0.1, 0.15) is 25.0 Å². The van der Waals surface area contributed by atoms with E-state index in [4.69, 9.17) is 4.74 Å². The van der Waals surface area contributed by atoms with E-state index in [2.05, 4.69) is 10.3 Å². The smallest absolute Gasteiger partial charge is 0.258 e. The lowest BCUT2D eigenvalue weighted by Gasteiger charge is -2.09. The van der Waals surface area contributed by atoms with E-state index in [-0.39, 0.29) is 12.0 Å². The Labute approximate surface area is 192 Å². The van der Waals surface area contributed by atoms with Crippen molar-refractivity contribution in [2.45, 2.75) is 20.0 Å². The predicted octanol–water partition coefficient (Wildman–Crippen LogP) is 6.78. The van der Waals surface area contributed by atoms with Crippen LogP contribution in [-0.4, -0.2) is 17.0 Å². The first-order chi connectivity index (χ1) is 15.6. The van der Waals surface area contributed by atoms with Crippen molar-refractivity contribution in [3.05, 3.63) is 101 Å². The number of ether oxygens (including phenoxy) is 1. The molecule has 0 radical (unpaired) electrons. The van der Waals surface area contributed by atoms with Gasteiger partial charge >= 0.3 is 0 Å². The van der Waals surface area contributed by atoms with E-state index in [9.17, 15) is 4.79 Å². The minimum absolute atomic E-state index is 0.129. The quantitative estimate of drug-likeness (QED) is 0.255. The average molecular weight is 441 g/mol. The molecule has 0 aliphatic rings. The fourth-order valence-electron chi connectivity index (χ4n) is 3.22. The minimum Gasteiger partial charge on any atom is -0.491 e. The van der Waals surface area contributed by atoms with E-state index in [0.717, 1.165) is 28.1 Å². The molecule has 4 aromatic rings. The van der Waals surface area contributed by atoms with Gasteiger partial charge in [-0.25, -0.2) is 4.98 Å². The summed E-state index contributed by atoms with van der Waals surface area (Å²) < 4.78 is 5.70. The van der Waals surface area contributed by atoms with Crippen molar-refractivity contribution in [1.82, 2.24) is 4.98 Å². The summed E-state index contributed by atoms with van der Waals surface area (Å²) in [7, 11) is 0. The van der Waals surface area contributed by atoms with Gasteiger partial charge in [-0.2, -0.15) is 0 Å². The van der Waals surface area contributed by atoms with E-state index >= 15 is 0 Å². The number of thiazole rings is 1. The summed E-state index contributed by atoms with van der Waals surface area (Å²) in [5.74, 6) is 0.632. The van der Waals surface area contributed by atoms with Crippen molar-refractivity contribution in [3.63, 3.8) is 0 Å². The van der Waals surface area contributed by atoms with Gasteiger partial charge < -0.3 is 4.74 Å². The van der Waals surface area contributed by atoms with Crippen molar-refractivity contribution in [3.8, 4) is 17.0 Å². The third-order valence-corrected chi connectivity index (χ3v) is 5.44. The second kappa shape index (κ2) is 10.1. The largest absolute Gasteiger partial charge is 0.491 e. The lowest BCUT2D eigenvalue weighted by molar-refractivity contribution is -0.111. The first-order valence-corrected chi connectivity index (χ1v) is 11.3. The van der Waals surface area contributed by atoms with Crippen LogP contribution in [0.15, 0.2) is 90.3 Å². The van der Waals surface area contributed by atoms with Crippen molar-refractivity contribution in [2.24, 2.45) is 0 Å². The molecule has 4 rings (SSSR count). The highest BCUT2D eigenvalue weighted by Crippen LogP contribution is 2.28. The summed E-state index contributed by atoms with van der Waals surface area (Å²) in [5.41, 5.74) is 4.19. The molecule has 0 unspecified atom stereocenters. The van der Waals surface area contributed by atoms with Gasteiger partial charge in [0.25, 0.3) is 5.91 Å². The number of hydrogen-bond donors (Lipinski definition) is 1. The summed E-state index contributed by atoms with van der Waals surface area (Å²) in [4.78, 5) is 17.8. The maximum Gasteiger partial charge on any atom is 0.258 e. The molecule has 5 heteroatoms. The molecule has 1 heterocycles. The molecule has 0 atom stereocenters. The Morgan fingerprint density at radius 2 is 1.59 bits per heavy atom. The van der Waals surface area contributed by atoms with Gasteiger partial charge in [0.15, 0.2) is 5.13 Å². The molecule has 0 spiro atoms. The van der Waals surface area contributed by atoms with Gasteiger partial charge in [0.1, 0.15) is 5.75 Å². The van der Waals surface area contributed by atoms with Crippen LogP contribution in [0.3, 0.4) is 0 Å². The predicted molar refractivity (Wildman–Crippen MR) is 133 cm³/mol. The highest BCUT2D eigenvalue weighted by atomic mass is 32.1. The van der Waals surface area contributed by atoms with Gasteiger partial charge in [-0.05, 0) is 55.3 Å². The van der Waals surface area contributed by atoms with Gasteiger partial charge in [0, 0.05) is 16.5 Å². The second-order valence-corrected chi connectivity index (χ2v) is 8.38. The third-order valence-electron chi connectivity index (χ3n) is 4.69. The summed E-state index contributed by atoms with van der Waals surface area (Å²) in [6.07, 6.45) is 2.02. The van der Waals surface area contributed by atoms with Crippen LogP contribution in [0.2, 0.25) is 0 Å². The van der Waals surface area contributed by atoms with Gasteiger partial charge in [0.05, 0.1) is 11.8 Å². The number of carbonyl (C=O) groups is 1. The normalized spacial score (nSPS) is 11.4. The average Bonchev–Trinajstić information content (AvgIpc) is 3.27. The highest BCUT2D eigenvalue weighted by molar-refractivity contribution is 7.14. The van der Waals surface area contributed by atoms with Gasteiger partial charge in [-0.15, -0.1) is 11.3 Å². The Bertz CT molecular complexity index is 1200. The number of carbonyl (C=O) groups excluding carboxylic acids is 1. The van der Waals surface area contributed by atoms with Crippen LogP contribution >= 0.6 is 11.3 Å². The van der Waals surface area contributed by atoms with Crippen LogP contribution in [0.5, 0.6) is 5.75 Å². The molecule has 1 amide bonds. The van der Waals surface area contributed by atoms with Crippen molar-refractivity contribution < 1.29 is 9.53 Å². The van der Waals surface area contributed by atoms with Crippen LogP contribution in [0, 0.1) is 0 Å². The standard InChI is InChI=1S/C27H24N2O2S/c1-19(2)31-23-15-13-22(14-16-23)25-18-32-27(28-25)29-26(30)24(21-11-7-4-8-12-21)17-20-9-5-3-6-10-20/h3-19H,1-2H3,(H,28,29,30)/b24-17+. The second-order valence-electron chi connectivity index (χ2n) is 7.52. The molecular formula is C27H24N2O2S. The Kier molecular flexibility index (Phi) is 6.78. The Hall–Kier alpha value is -3.70. The first-order valence-electron chi connectivity index (χ1n) is 10.4. The summed E-state index contributed by atoms with van der Waals surface area (Å²) in [6, 6.07) is 27.3. The van der Waals surface area contributed by atoms with Gasteiger partial charge in [-0.3, -0.25) is 10.1 Å². The molecule has 0 bridgehead atoms. The Morgan fingerprint density at radius 1 is 0.938 bits per heavy atom. The number of benzene rings is 3.